The molecule has 1 fully saturated rings. The fourth-order valence-corrected chi connectivity index (χ4v) is 5.82. The maximum atomic E-state index is 13.0. The van der Waals surface area contributed by atoms with E-state index in [9.17, 15) is 58.2 Å². The van der Waals surface area contributed by atoms with E-state index in [0.717, 1.165) is 6.92 Å². The van der Waals surface area contributed by atoms with Gasteiger partial charge in [-0.15, -0.1) is 0 Å². The van der Waals surface area contributed by atoms with Crippen molar-refractivity contribution in [2.45, 2.75) is 127 Å². The van der Waals surface area contributed by atoms with Gasteiger partial charge in [0.25, 0.3) is 0 Å². The summed E-state index contributed by atoms with van der Waals surface area (Å²) in [6, 6.07) is -4.73. The molecule has 10 N–H and O–H groups in total. The molecule has 0 unspecified atom stereocenters. The van der Waals surface area contributed by atoms with Crippen LogP contribution in [0.15, 0.2) is 0 Å². The third kappa shape index (κ3) is 20.8. The summed E-state index contributed by atoms with van der Waals surface area (Å²) in [5, 5.41) is 58.7. The lowest BCUT2D eigenvalue weighted by molar-refractivity contribution is -0.143. The van der Waals surface area contributed by atoms with Crippen molar-refractivity contribution in [2.75, 3.05) is 13.1 Å². The van der Waals surface area contributed by atoms with Gasteiger partial charge < -0.3 is 52.1 Å². The van der Waals surface area contributed by atoms with Gasteiger partial charge in [0, 0.05) is 63.6 Å². The monoisotopic (exact) mass is 771 g/mol. The second-order valence-corrected chi connectivity index (χ2v) is 13.4. The zero-order valence-corrected chi connectivity index (χ0v) is 30.3. The highest BCUT2D eigenvalue weighted by Crippen LogP contribution is 2.28. The number of ketones is 1. The zero-order chi connectivity index (χ0) is 40.8. The summed E-state index contributed by atoms with van der Waals surface area (Å²) in [5.74, 6) is -9.14. The average Bonchev–Trinajstić information content (AvgIpc) is 3.08. The van der Waals surface area contributed by atoms with Gasteiger partial charge in [-0.05, 0) is 70.6 Å². The van der Waals surface area contributed by atoms with Crippen LogP contribution in [0, 0.1) is 11.8 Å². The molecule has 0 bridgehead atoms. The quantitative estimate of drug-likeness (QED) is 0.0485. The van der Waals surface area contributed by atoms with Crippen LogP contribution in [-0.2, 0) is 47.9 Å². The number of amides is 4. The summed E-state index contributed by atoms with van der Waals surface area (Å²) < 4.78 is 0. The molecule has 1 aliphatic carbocycles. The molecule has 0 saturated heterocycles. The first-order valence-electron chi connectivity index (χ1n) is 17.9. The van der Waals surface area contributed by atoms with E-state index < -0.39 is 103 Å². The largest absolute Gasteiger partial charge is 0.481 e. The zero-order valence-electron chi connectivity index (χ0n) is 30.3. The number of Topliss-reactive ketones (excluding diaryl/α,β-unsaturated/α-hetero) is 1. The van der Waals surface area contributed by atoms with Crippen LogP contribution in [-0.4, -0.2) is 122 Å². The van der Waals surface area contributed by atoms with Crippen molar-refractivity contribution in [1.29, 1.82) is 0 Å². The first-order chi connectivity index (χ1) is 25.4. The Labute approximate surface area is 311 Å². The van der Waals surface area contributed by atoms with Gasteiger partial charge in [-0.3, -0.25) is 43.2 Å². The first kappa shape index (κ1) is 46.9. The molecule has 0 radical (unpaired) electrons. The summed E-state index contributed by atoms with van der Waals surface area (Å²) in [4.78, 5) is 119. The van der Waals surface area contributed by atoms with Crippen LogP contribution in [0.2, 0.25) is 0 Å². The van der Waals surface area contributed by atoms with Gasteiger partial charge in [0.2, 0.25) is 23.6 Å². The summed E-state index contributed by atoms with van der Waals surface area (Å²) in [7, 11) is 0. The van der Waals surface area contributed by atoms with Crippen molar-refractivity contribution in [2.24, 2.45) is 11.8 Å². The number of hydrogen-bond donors (Lipinski definition) is 10. The molecule has 0 aromatic rings. The number of nitrogens with one attached hydrogen (secondary N) is 5. The highest BCUT2D eigenvalue weighted by molar-refractivity contribution is 5.90. The minimum atomic E-state index is -1.42. The smallest absolute Gasteiger partial charge is 0.326 e. The van der Waals surface area contributed by atoms with E-state index in [4.69, 9.17) is 15.3 Å². The molecule has 54 heavy (non-hydrogen) atoms. The minimum Gasteiger partial charge on any atom is -0.481 e. The van der Waals surface area contributed by atoms with Gasteiger partial charge in [-0.25, -0.2) is 4.79 Å². The first-order valence-corrected chi connectivity index (χ1v) is 17.9. The Bertz CT molecular complexity index is 1350. The Balaban J connectivity index is 2.76. The maximum absolute atomic E-state index is 13.0. The third-order valence-electron chi connectivity index (χ3n) is 8.97. The van der Waals surface area contributed by atoms with E-state index in [1.54, 1.807) is 0 Å². The van der Waals surface area contributed by atoms with Crippen molar-refractivity contribution in [1.82, 2.24) is 26.6 Å². The standard InChI is InChI=1S/C34H53N5O15/c1-19(40)23(11-15-30(47)48)38-33(52)24(12-16-31(49)50)35-18-22(9-14-29(45)46)37-27(42)13-10-25(34(53)54)39-32(51)21-7-5-20(6-8-21)17-36-26(41)3-2-4-28(43)44/h20-25,35H,2-18H2,1H3,(H,36,41)(H,37,42)(H,38,52)(H,39,51)(H,43,44)(H,45,46)(H,47,48)(H,49,50)(H,53,54)/t20?,21?,22-,23-,24-,25-/m0/s1. The Hall–Kier alpha value is -5.14. The molecule has 4 atom stereocenters. The minimum absolute atomic E-state index is 0.0919. The molecule has 0 heterocycles. The van der Waals surface area contributed by atoms with Gasteiger partial charge in [-0.1, -0.05) is 0 Å². The molecular formula is C34H53N5O15. The normalized spacial score (nSPS) is 17.4. The Morgan fingerprint density at radius 3 is 1.65 bits per heavy atom. The van der Waals surface area contributed by atoms with Crippen LogP contribution in [0.4, 0.5) is 0 Å². The Morgan fingerprint density at radius 1 is 0.574 bits per heavy atom. The van der Waals surface area contributed by atoms with Crippen LogP contribution in [0.25, 0.3) is 0 Å². The molecule has 20 nitrogen and oxygen atoms in total. The topological polar surface area (TPSA) is 332 Å². The van der Waals surface area contributed by atoms with Gasteiger partial charge in [0.05, 0.1) is 12.1 Å². The molecule has 0 aromatic carbocycles. The fourth-order valence-electron chi connectivity index (χ4n) is 5.82. The number of hydrogen-bond acceptors (Lipinski definition) is 11. The lowest BCUT2D eigenvalue weighted by Crippen LogP contribution is -2.53. The van der Waals surface area contributed by atoms with Crippen LogP contribution in [0.5, 0.6) is 0 Å². The number of carbonyl (C=O) groups excluding carboxylic acids is 5. The van der Waals surface area contributed by atoms with Crippen molar-refractivity contribution >= 4 is 59.3 Å². The Kier molecular flexibility index (Phi) is 21.7. The van der Waals surface area contributed by atoms with E-state index in [0.29, 0.717) is 32.2 Å². The molecular weight excluding hydrogens is 718 g/mol. The van der Waals surface area contributed by atoms with E-state index in [1.165, 1.54) is 0 Å². The van der Waals surface area contributed by atoms with Crippen molar-refractivity contribution in [3.8, 4) is 0 Å². The number of carboxylic acid groups (broad SMARTS) is 5. The number of carbonyl (C=O) groups is 10. The van der Waals surface area contributed by atoms with Crippen molar-refractivity contribution in [3.63, 3.8) is 0 Å². The van der Waals surface area contributed by atoms with E-state index in [-0.39, 0.29) is 69.7 Å². The van der Waals surface area contributed by atoms with Gasteiger partial charge >= 0.3 is 29.8 Å². The summed E-state index contributed by atoms with van der Waals surface area (Å²) in [6.07, 6.45) is -0.300. The predicted octanol–water partition coefficient (Wildman–Crippen LogP) is -0.375. The van der Waals surface area contributed by atoms with Crippen molar-refractivity contribution in [3.05, 3.63) is 0 Å². The highest BCUT2D eigenvalue weighted by atomic mass is 16.4. The maximum Gasteiger partial charge on any atom is 0.326 e. The van der Waals surface area contributed by atoms with Crippen molar-refractivity contribution < 1.29 is 73.5 Å². The van der Waals surface area contributed by atoms with Crippen LogP contribution >= 0.6 is 0 Å². The molecule has 1 saturated carbocycles. The van der Waals surface area contributed by atoms with Crippen LogP contribution in [0.3, 0.4) is 0 Å². The summed E-state index contributed by atoms with van der Waals surface area (Å²) >= 11 is 0. The lowest BCUT2D eigenvalue weighted by atomic mass is 9.81. The highest BCUT2D eigenvalue weighted by Gasteiger charge is 2.31. The molecule has 4 amide bonds. The predicted molar refractivity (Wildman–Crippen MR) is 186 cm³/mol. The summed E-state index contributed by atoms with van der Waals surface area (Å²) in [6.45, 7) is 1.30. The van der Waals surface area contributed by atoms with Gasteiger partial charge in [-0.2, -0.15) is 0 Å². The van der Waals surface area contributed by atoms with Crippen LogP contribution < -0.4 is 26.6 Å². The number of rotatable bonds is 28. The van der Waals surface area contributed by atoms with E-state index in [2.05, 4.69) is 26.6 Å². The third-order valence-corrected chi connectivity index (χ3v) is 8.97. The second-order valence-electron chi connectivity index (χ2n) is 13.4. The molecule has 304 valence electrons. The molecule has 0 aromatic heterocycles. The molecule has 0 spiro atoms. The van der Waals surface area contributed by atoms with E-state index >= 15 is 0 Å². The van der Waals surface area contributed by atoms with Crippen LogP contribution in [0.1, 0.15) is 103 Å². The SMILES string of the molecule is CC(=O)[C@H](CCC(=O)O)NC(=O)[C@H](CCC(=O)O)NC[C@H](CCC(=O)O)NC(=O)CC[C@H](NC(=O)C1CCC(CNC(=O)CCCC(=O)O)CC1)C(=O)O. The van der Waals surface area contributed by atoms with Gasteiger partial charge in [0.1, 0.15) is 6.04 Å². The fraction of sp³-hybridized carbons (Fsp3) is 0.706. The molecule has 0 aliphatic heterocycles. The lowest BCUT2D eigenvalue weighted by Gasteiger charge is -2.29. The Morgan fingerprint density at radius 2 is 1.11 bits per heavy atom. The molecule has 20 heteroatoms. The van der Waals surface area contributed by atoms with Gasteiger partial charge in [0.15, 0.2) is 5.78 Å². The number of carboxylic acids is 5. The molecule has 1 aliphatic rings. The second kappa shape index (κ2) is 25.0. The van der Waals surface area contributed by atoms with E-state index in [1.807, 2.05) is 0 Å². The number of aliphatic carboxylic acids is 5. The molecule has 1 rings (SSSR count). The average molecular weight is 772 g/mol. The summed E-state index contributed by atoms with van der Waals surface area (Å²) in [5.41, 5.74) is 0.